The van der Waals surface area contributed by atoms with E-state index in [1.165, 1.54) is 6.92 Å². The van der Waals surface area contributed by atoms with Crippen LogP contribution < -0.4 is 5.32 Å². The Bertz CT molecular complexity index is 1410. The monoisotopic (exact) mass is 476 g/mol. The first kappa shape index (κ1) is 23.3. The zero-order valence-electron chi connectivity index (χ0n) is 19.0. The molecule has 9 heteroatoms. The topological polar surface area (TPSA) is 115 Å². The molecule has 1 amide bonds. The summed E-state index contributed by atoms with van der Waals surface area (Å²) in [6.45, 7) is 5.26. The Labute approximate surface area is 198 Å². The number of rotatable bonds is 7. The first-order valence-corrected chi connectivity index (χ1v) is 12.3. The lowest BCUT2D eigenvalue weighted by Gasteiger charge is -2.08. The van der Waals surface area contributed by atoms with E-state index in [0.29, 0.717) is 29.4 Å². The van der Waals surface area contributed by atoms with Crippen LogP contribution in [0.4, 0.5) is 0 Å². The molecule has 0 radical (unpaired) electrons. The number of aromatic nitrogens is 3. The number of nitrogens with one attached hydrogen (secondary N) is 1. The molecule has 4 aromatic rings. The van der Waals surface area contributed by atoms with Gasteiger partial charge in [0.2, 0.25) is 5.91 Å². The van der Waals surface area contributed by atoms with Crippen LogP contribution >= 0.6 is 0 Å². The molecule has 0 bridgehead atoms. The van der Waals surface area contributed by atoms with Gasteiger partial charge in [-0.15, -0.1) is 0 Å². The van der Waals surface area contributed by atoms with Crippen molar-refractivity contribution in [3.05, 3.63) is 72.6 Å². The minimum Gasteiger partial charge on any atom is -0.354 e. The lowest BCUT2D eigenvalue weighted by Crippen LogP contribution is -2.18. The van der Waals surface area contributed by atoms with Crippen molar-refractivity contribution < 1.29 is 17.7 Å². The molecule has 4 rings (SSSR count). The molecule has 0 aliphatic carbocycles. The van der Waals surface area contributed by atoms with Crippen LogP contribution in [0.25, 0.3) is 34.0 Å². The normalized spacial score (nSPS) is 11.5. The molecule has 174 valence electrons. The van der Waals surface area contributed by atoms with Gasteiger partial charge in [0, 0.05) is 30.7 Å². The largest absolute Gasteiger partial charge is 0.354 e. The molecule has 0 saturated heterocycles. The number of carbonyl (C=O) groups excluding carboxylic acids is 1. The van der Waals surface area contributed by atoms with Gasteiger partial charge in [-0.2, -0.15) is 0 Å². The lowest BCUT2D eigenvalue weighted by atomic mass is 10.1. The van der Waals surface area contributed by atoms with Gasteiger partial charge in [0.05, 0.1) is 28.2 Å². The van der Waals surface area contributed by atoms with Crippen molar-refractivity contribution in [2.45, 2.75) is 37.5 Å². The molecule has 0 atom stereocenters. The van der Waals surface area contributed by atoms with Gasteiger partial charge in [-0.1, -0.05) is 41.6 Å². The third-order valence-electron chi connectivity index (χ3n) is 5.29. The lowest BCUT2D eigenvalue weighted by molar-refractivity contribution is -0.119. The van der Waals surface area contributed by atoms with E-state index in [9.17, 15) is 13.2 Å². The Morgan fingerprint density at radius 1 is 0.941 bits per heavy atom. The minimum absolute atomic E-state index is 0.0786. The van der Waals surface area contributed by atoms with Gasteiger partial charge in [0.25, 0.3) is 0 Å². The van der Waals surface area contributed by atoms with E-state index in [2.05, 4.69) is 20.4 Å². The maximum Gasteiger partial charge on any atom is 0.217 e. The Balaban J connectivity index is 1.54. The van der Waals surface area contributed by atoms with E-state index >= 15 is 0 Å². The highest BCUT2D eigenvalue weighted by molar-refractivity contribution is 7.92. The maximum atomic E-state index is 12.4. The second kappa shape index (κ2) is 9.56. The highest BCUT2D eigenvalue weighted by Gasteiger charge is 2.19. The number of sulfone groups is 1. The molecular weight excluding hydrogens is 452 g/mol. The molecule has 1 N–H and O–H groups in total. The summed E-state index contributed by atoms with van der Waals surface area (Å²) in [5, 5.41) is 6.42. The smallest absolute Gasteiger partial charge is 0.217 e. The Morgan fingerprint density at radius 2 is 1.56 bits per heavy atom. The summed E-state index contributed by atoms with van der Waals surface area (Å²) in [5.74, 6) is 0.385. The van der Waals surface area contributed by atoms with Crippen molar-refractivity contribution in [1.29, 1.82) is 0 Å². The van der Waals surface area contributed by atoms with Gasteiger partial charge < -0.3 is 9.84 Å². The Kier molecular flexibility index (Phi) is 6.56. The first-order valence-electron chi connectivity index (χ1n) is 10.7. The predicted molar refractivity (Wildman–Crippen MR) is 128 cm³/mol. The van der Waals surface area contributed by atoms with E-state index in [1.54, 1.807) is 56.6 Å². The Morgan fingerprint density at radius 3 is 2.21 bits per heavy atom. The van der Waals surface area contributed by atoms with Crippen LogP contribution in [0.15, 0.2) is 76.4 Å². The SMILES string of the molecule is CC(=O)NCc1ccc(-c2cc(-c3cncc(-c4ccc(S(=O)(=O)C(C)C)cc4)n3)on2)cc1. The molecule has 0 saturated carbocycles. The maximum absolute atomic E-state index is 12.4. The molecule has 0 unspecified atom stereocenters. The number of nitrogens with zero attached hydrogens (tertiary/aromatic N) is 3. The summed E-state index contributed by atoms with van der Waals surface area (Å²) in [4.78, 5) is 20.2. The fourth-order valence-electron chi connectivity index (χ4n) is 3.26. The van der Waals surface area contributed by atoms with E-state index in [4.69, 9.17) is 4.52 Å². The molecule has 8 nitrogen and oxygen atoms in total. The van der Waals surface area contributed by atoms with Gasteiger partial charge in [-0.25, -0.2) is 13.4 Å². The summed E-state index contributed by atoms with van der Waals surface area (Å²) in [7, 11) is -3.34. The van der Waals surface area contributed by atoms with Crippen molar-refractivity contribution in [1.82, 2.24) is 20.4 Å². The van der Waals surface area contributed by atoms with Crippen LogP contribution in [-0.2, 0) is 21.2 Å². The molecular formula is C25H24N4O4S. The first-order chi connectivity index (χ1) is 16.2. The summed E-state index contributed by atoms with van der Waals surface area (Å²) < 4.78 is 30.2. The van der Waals surface area contributed by atoms with Crippen molar-refractivity contribution in [3.8, 4) is 34.0 Å². The standard InChI is InChI=1S/C25H24N4O4S/c1-16(2)34(31,32)21-10-8-20(9-11-21)23-14-26-15-24(28-23)25-12-22(29-33-25)19-6-4-18(5-7-19)13-27-17(3)30/h4-12,14-16H,13H2,1-3H3,(H,27,30). The van der Waals surface area contributed by atoms with Gasteiger partial charge in [-0.3, -0.25) is 9.78 Å². The molecule has 0 aliphatic heterocycles. The molecule has 2 aromatic carbocycles. The third-order valence-corrected chi connectivity index (χ3v) is 7.46. The fourth-order valence-corrected chi connectivity index (χ4v) is 4.32. The number of hydrogen-bond donors (Lipinski definition) is 1. The molecule has 2 heterocycles. The second-order valence-corrected chi connectivity index (χ2v) is 10.6. The van der Waals surface area contributed by atoms with Gasteiger partial charge in [0.15, 0.2) is 15.6 Å². The average Bonchev–Trinajstić information content (AvgIpc) is 3.33. The van der Waals surface area contributed by atoms with E-state index in [1.807, 2.05) is 24.3 Å². The van der Waals surface area contributed by atoms with Crippen molar-refractivity contribution in [3.63, 3.8) is 0 Å². The van der Waals surface area contributed by atoms with Crippen molar-refractivity contribution in [2.24, 2.45) is 0 Å². The van der Waals surface area contributed by atoms with Gasteiger partial charge in [0.1, 0.15) is 11.4 Å². The van der Waals surface area contributed by atoms with Crippen LogP contribution in [0.3, 0.4) is 0 Å². The van der Waals surface area contributed by atoms with E-state index < -0.39 is 15.1 Å². The Hall–Kier alpha value is -3.85. The number of hydrogen-bond acceptors (Lipinski definition) is 7. The second-order valence-electron chi connectivity index (χ2n) is 8.09. The minimum atomic E-state index is -3.34. The molecule has 0 spiro atoms. The number of carbonyl (C=O) groups is 1. The average molecular weight is 477 g/mol. The van der Waals surface area contributed by atoms with Crippen LogP contribution in [0.1, 0.15) is 26.3 Å². The van der Waals surface area contributed by atoms with E-state index in [-0.39, 0.29) is 10.8 Å². The fraction of sp³-hybridized carbons (Fsp3) is 0.200. The highest BCUT2D eigenvalue weighted by Crippen LogP contribution is 2.27. The quantitative estimate of drug-likeness (QED) is 0.423. The molecule has 0 fully saturated rings. The zero-order valence-corrected chi connectivity index (χ0v) is 19.8. The molecule has 2 aromatic heterocycles. The van der Waals surface area contributed by atoms with Crippen LogP contribution in [0.2, 0.25) is 0 Å². The van der Waals surface area contributed by atoms with Crippen molar-refractivity contribution >= 4 is 15.7 Å². The third kappa shape index (κ3) is 5.04. The summed E-state index contributed by atoms with van der Waals surface area (Å²) in [5.41, 5.74) is 4.34. The zero-order chi connectivity index (χ0) is 24.3. The predicted octanol–water partition coefficient (Wildman–Crippen LogP) is 4.28. The number of amides is 1. The highest BCUT2D eigenvalue weighted by atomic mass is 32.2. The van der Waals surface area contributed by atoms with Gasteiger partial charge in [-0.05, 0) is 31.5 Å². The van der Waals surface area contributed by atoms with Crippen LogP contribution in [-0.4, -0.2) is 34.7 Å². The van der Waals surface area contributed by atoms with Crippen LogP contribution in [0, 0.1) is 0 Å². The summed E-state index contributed by atoms with van der Waals surface area (Å²) >= 11 is 0. The number of benzene rings is 2. The van der Waals surface area contributed by atoms with E-state index in [0.717, 1.165) is 16.7 Å². The van der Waals surface area contributed by atoms with Crippen molar-refractivity contribution in [2.75, 3.05) is 0 Å². The summed E-state index contributed by atoms with van der Waals surface area (Å²) in [6.07, 6.45) is 3.20. The molecule has 34 heavy (non-hydrogen) atoms. The van der Waals surface area contributed by atoms with Gasteiger partial charge >= 0.3 is 0 Å². The summed E-state index contributed by atoms with van der Waals surface area (Å²) in [6, 6.07) is 16.1. The van der Waals surface area contributed by atoms with Crippen LogP contribution in [0.5, 0.6) is 0 Å². The molecule has 0 aliphatic rings.